The molecule has 0 aliphatic rings. The first-order valence-electron chi connectivity index (χ1n) is 5.38. The van der Waals surface area contributed by atoms with E-state index in [9.17, 15) is 4.79 Å². The summed E-state index contributed by atoms with van der Waals surface area (Å²) in [5.41, 5.74) is 0.241. The standard InChI is InChI=1S/C11H19N3O2/c1-6-16-10(11(2,3)4)9(15)8-7-12-13-14(8)5/h7,10H,6H2,1-5H3. The van der Waals surface area contributed by atoms with E-state index < -0.39 is 6.10 Å². The zero-order chi connectivity index (χ0) is 12.3. The molecule has 1 aromatic heterocycles. The van der Waals surface area contributed by atoms with E-state index in [0.29, 0.717) is 12.3 Å². The summed E-state index contributed by atoms with van der Waals surface area (Å²) in [7, 11) is 1.70. The van der Waals surface area contributed by atoms with Gasteiger partial charge in [0.15, 0.2) is 0 Å². The summed E-state index contributed by atoms with van der Waals surface area (Å²) in [5.74, 6) is -0.0677. The first-order chi connectivity index (χ1) is 7.38. The van der Waals surface area contributed by atoms with E-state index in [-0.39, 0.29) is 11.2 Å². The van der Waals surface area contributed by atoms with Crippen molar-refractivity contribution in [1.82, 2.24) is 15.0 Å². The number of carbonyl (C=O) groups excluding carboxylic acids is 1. The fourth-order valence-corrected chi connectivity index (χ4v) is 1.53. The summed E-state index contributed by atoms with van der Waals surface area (Å²) in [6, 6.07) is 0. The molecule has 0 aromatic carbocycles. The van der Waals surface area contributed by atoms with Crippen molar-refractivity contribution in [2.24, 2.45) is 12.5 Å². The molecule has 0 spiro atoms. The van der Waals surface area contributed by atoms with Crippen LogP contribution in [-0.4, -0.2) is 33.5 Å². The van der Waals surface area contributed by atoms with Crippen LogP contribution in [0.25, 0.3) is 0 Å². The van der Waals surface area contributed by atoms with Crippen LogP contribution in [-0.2, 0) is 11.8 Å². The van der Waals surface area contributed by atoms with Crippen LogP contribution in [0.2, 0.25) is 0 Å². The van der Waals surface area contributed by atoms with Gasteiger partial charge in [0.1, 0.15) is 11.8 Å². The van der Waals surface area contributed by atoms with Gasteiger partial charge in [-0.3, -0.25) is 4.79 Å². The Labute approximate surface area is 95.8 Å². The zero-order valence-electron chi connectivity index (χ0n) is 10.5. The van der Waals surface area contributed by atoms with Crippen LogP contribution < -0.4 is 0 Å². The Kier molecular flexibility index (Phi) is 3.80. The Balaban J connectivity index is 2.97. The second-order valence-corrected chi connectivity index (χ2v) is 4.81. The third-order valence-electron chi connectivity index (χ3n) is 2.32. The lowest BCUT2D eigenvalue weighted by atomic mass is 9.85. The van der Waals surface area contributed by atoms with E-state index >= 15 is 0 Å². The molecular weight excluding hydrogens is 206 g/mol. The normalized spacial score (nSPS) is 13.8. The van der Waals surface area contributed by atoms with Crippen molar-refractivity contribution in [2.75, 3.05) is 6.61 Å². The van der Waals surface area contributed by atoms with Crippen molar-refractivity contribution in [2.45, 2.75) is 33.8 Å². The lowest BCUT2D eigenvalue weighted by Gasteiger charge is -2.28. The minimum atomic E-state index is -0.463. The Morgan fingerprint density at radius 3 is 2.56 bits per heavy atom. The van der Waals surface area contributed by atoms with Gasteiger partial charge in [0.05, 0.1) is 6.20 Å². The molecule has 90 valence electrons. The van der Waals surface area contributed by atoms with Crippen LogP contribution >= 0.6 is 0 Å². The molecular formula is C11H19N3O2. The molecule has 16 heavy (non-hydrogen) atoms. The lowest BCUT2D eigenvalue weighted by molar-refractivity contribution is -0.000854. The van der Waals surface area contributed by atoms with Crippen LogP contribution in [0.5, 0.6) is 0 Å². The van der Waals surface area contributed by atoms with Crippen molar-refractivity contribution in [1.29, 1.82) is 0 Å². The molecule has 0 saturated heterocycles. The molecule has 1 unspecified atom stereocenters. The van der Waals surface area contributed by atoms with E-state index in [1.807, 2.05) is 27.7 Å². The third-order valence-corrected chi connectivity index (χ3v) is 2.32. The van der Waals surface area contributed by atoms with Crippen molar-refractivity contribution >= 4 is 5.78 Å². The van der Waals surface area contributed by atoms with Gasteiger partial charge in [-0.2, -0.15) is 0 Å². The topological polar surface area (TPSA) is 57.0 Å². The Morgan fingerprint density at radius 2 is 2.19 bits per heavy atom. The predicted molar refractivity (Wildman–Crippen MR) is 60.2 cm³/mol. The quantitative estimate of drug-likeness (QED) is 0.728. The average molecular weight is 225 g/mol. The number of ketones is 1. The van der Waals surface area contributed by atoms with Crippen molar-refractivity contribution in [3.8, 4) is 0 Å². The number of hydrogen-bond donors (Lipinski definition) is 0. The molecule has 0 saturated carbocycles. The first kappa shape index (κ1) is 12.8. The largest absolute Gasteiger partial charge is 0.370 e. The van der Waals surface area contributed by atoms with Crippen molar-refractivity contribution in [3.63, 3.8) is 0 Å². The highest BCUT2D eigenvalue weighted by molar-refractivity contribution is 5.98. The van der Waals surface area contributed by atoms with Crippen molar-refractivity contribution in [3.05, 3.63) is 11.9 Å². The zero-order valence-corrected chi connectivity index (χ0v) is 10.5. The maximum absolute atomic E-state index is 12.2. The summed E-state index contributed by atoms with van der Waals surface area (Å²) in [4.78, 5) is 12.2. The van der Waals surface area contributed by atoms with E-state index in [0.717, 1.165) is 0 Å². The highest BCUT2D eigenvalue weighted by atomic mass is 16.5. The number of nitrogens with zero attached hydrogens (tertiary/aromatic N) is 3. The fraction of sp³-hybridized carbons (Fsp3) is 0.727. The molecule has 0 aliphatic heterocycles. The van der Waals surface area contributed by atoms with Gasteiger partial charge in [-0.1, -0.05) is 26.0 Å². The van der Waals surface area contributed by atoms with Gasteiger partial charge in [-0.05, 0) is 12.3 Å². The number of carbonyl (C=O) groups is 1. The van der Waals surface area contributed by atoms with E-state index in [4.69, 9.17) is 4.74 Å². The highest BCUT2D eigenvalue weighted by Gasteiger charge is 2.34. The summed E-state index contributed by atoms with van der Waals surface area (Å²) in [6.07, 6.45) is 1.01. The summed E-state index contributed by atoms with van der Waals surface area (Å²) >= 11 is 0. The minimum Gasteiger partial charge on any atom is -0.370 e. The van der Waals surface area contributed by atoms with Crippen LogP contribution in [0.4, 0.5) is 0 Å². The minimum absolute atomic E-state index is 0.0677. The van der Waals surface area contributed by atoms with Crippen molar-refractivity contribution < 1.29 is 9.53 Å². The number of rotatable bonds is 4. The molecule has 0 N–H and O–H groups in total. The van der Waals surface area contributed by atoms with Crippen LogP contribution in [0.1, 0.15) is 38.2 Å². The molecule has 5 nitrogen and oxygen atoms in total. The number of aromatic nitrogens is 3. The van der Waals surface area contributed by atoms with Gasteiger partial charge in [0, 0.05) is 13.7 Å². The number of hydrogen-bond acceptors (Lipinski definition) is 4. The molecule has 0 bridgehead atoms. The molecule has 1 rings (SSSR count). The van der Waals surface area contributed by atoms with Crippen LogP contribution in [0, 0.1) is 5.41 Å². The van der Waals surface area contributed by atoms with Gasteiger partial charge in [-0.25, -0.2) is 4.68 Å². The third kappa shape index (κ3) is 2.66. The highest BCUT2D eigenvalue weighted by Crippen LogP contribution is 2.25. The molecule has 0 fully saturated rings. The maximum atomic E-state index is 12.2. The van der Waals surface area contributed by atoms with Gasteiger partial charge in [0.2, 0.25) is 5.78 Å². The Morgan fingerprint density at radius 1 is 1.56 bits per heavy atom. The maximum Gasteiger partial charge on any atom is 0.211 e. The summed E-state index contributed by atoms with van der Waals surface area (Å²) in [5, 5.41) is 7.46. The van der Waals surface area contributed by atoms with Gasteiger partial charge in [-0.15, -0.1) is 5.10 Å². The molecule has 1 atom stereocenters. The van der Waals surface area contributed by atoms with E-state index in [1.165, 1.54) is 10.9 Å². The van der Waals surface area contributed by atoms with Gasteiger partial charge in [0.25, 0.3) is 0 Å². The number of ether oxygens (including phenoxy) is 1. The number of Topliss-reactive ketones (excluding diaryl/α,β-unsaturated/α-hetero) is 1. The van der Waals surface area contributed by atoms with Gasteiger partial charge < -0.3 is 4.74 Å². The number of aryl methyl sites for hydroxylation is 1. The molecule has 0 amide bonds. The second-order valence-electron chi connectivity index (χ2n) is 4.81. The fourth-order valence-electron chi connectivity index (χ4n) is 1.53. The summed E-state index contributed by atoms with van der Waals surface area (Å²) in [6.45, 7) is 8.34. The molecule has 5 heteroatoms. The lowest BCUT2D eigenvalue weighted by Crippen LogP contribution is -2.38. The van der Waals surface area contributed by atoms with Gasteiger partial charge >= 0.3 is 0 Å². The predicted octanol–water partition coefficient (Wildman–Crippen LogP) is 1.45. The Hall–Kier alpha value is -1.23. The smallest absolute Gasteiger partial charge is 0.211 e. The monoisotopic (exact) mass is 225 g/mol. The molecule has 0 aliphatic carbocycles. The summed E-state index contributed by atoms with van der Waals surface area (Å²) < 4.78 is 7.00. The molecule has 1 aromatic rings. The molecule has 0 radical (unpaired) electrons. The SMILES string of the molecule is CCOC(C(=O)c1cnnn1C)C(C)(C)C. The molecule has 1 heterocycles. The van der Waals surface area contributed by atoms with E-state index in [1.54, 1.807) is 7.05 Å². The second kappa shape index (κ2) is 4.74. The van der Waals surface area contributed by atoms with Crippen LogP contribution in [0.3, 0.4) is 0 Å². The average Bonchev–Trinajstić information content (AvgIpc) is 2.58. The van der Waals surface area contributed by atoms with E-state index in [2.05, 4.69) is 10.3 Å². The Bertz CT molecular complexity index is 366. The van der Waals surface area contributed by atoms with Crippen LogP contribution in [0.15, 0.2) is 6.20 Å². The first-order valence-corrected chi connectivity index (χ1v) is 5.38.